The molecule has 2 aromatic carbocycles. The van der Waals surface area contributed by atoms with Gasteiger partial charge in [-0.05, 0) is 49.6 Å². The third kappa shape index (κ3) is 7.16. The SMILES string of the molecule is C[C@@H](C(=O)NC1CCCC1)N(Cc1ccc(Cl)c(Cl)c1)C(=O)CCSc1ccccc1. The number of halogens is 2. The number of nitrogens with one attached hydrogen (secondary N) is 1. The lowest BCUT2D eigenvalue weighted by atomic mass is 10.1. The average Bonchev–Trinajstić information content (AvgIpc) is 3.27. The van der Waals surface area contributed by atoms with E-state index in [0.717, 1.165) is 36.1 Å². The van der Waals surface area contributed by atoms with E-state index < -0.39 is 6.04 Å². The standard InChI is InChI=1S/C24H28Cl2N2O2S/c1-17(24(30)27-19-7-5-6-8-19)28(16-18-11-12-21(25)22(26)15-18)23(29)13-14-31-20-9-3-2-4-10-20/h2-4,9-12,15,17,19H,5-8,13-14,16H2,1H3,(H,27,30)/t17-/m0/s1. The lowest BCUT2D eigenvalue weighted by molar-refractivity contribution is -0.140. The van der Waals surface area contributed by atoms with Crippen molar-refractivity contribution in [1.29, 1.82) is 0 Å². The number of hydrogen-bond donors (Lipinski definition) is 1. The lowest BCUT2D eigenvalue weighted by Crippen LogP contribution is -2.49. The fraction of sp³-hybridized carbons (Fsp3) is 0.417. The van der Waals surface area contributed by atoms with Gasteiger partial charge < -0.3 is 10.2 Å². The molecule has 166 valence electrons. The summed E-state index contributed by atoms with van der Waals surface area (Å²) < 4.78 is 0. The fourth-order valence-corrected chi connectivity index (χ4v) is 4.91. The molecule has 31 heavy (non-hydrogen) atoms. The zero-order valence-electron chi connectivity index (χ0n) is 17.7. The van der Waals surface area contributed by atoms with Crippen molar-refractivity contribution in [2.24, 2.45) is 0 Å². The molecule has 0 bridgehead atoms. The number of hydrogen-bond acceptors (Lipinski definition) is 3. The largest absolute Gasteiger partial charge is 0.352 e. The van der Waals surface area contributed by atoms with Crippen LogP contribution in [0.2, 0.25) is 10.0 Å². The summed E-state index contributed by atoms with van der Waals surface area (Å²) in [5.74, 6) is 0.497. The molecule has 0 spiro atoms. The summed E-state index contributed by atoms with van der Waals surface area (Å²) in [5.41, 5.74) is 0.846. The summed E-state index contributed by atoms with van der Waals surface area (Å²) in [5, 5.41) is 4.02. The molecule has 2 amide bonds. The van der Waals surface area contributed by atoms with Gasteiger partial charge in [-0.1, -0.05) is 60.3 Å². The number of amides is 2. The maximum Gasteiger partial charge on any atom is 0.242 e. The summed E-state index contributed by atoms with van der Waals surface area (Å²) in [4.78, 5) is 28.8. The van der Waals surface area contributed by atoms with Crippen LogP contribution in [-0.2, 0) is 16.1 Å². The molecule has 0 unspecified atom stereocenters. The molecule has 1 aliphatic rings. The third-order valence-corrected chi connectivity index (χ3v) is 7.29. The summed E-state index contributed by atoms with van der Waals surface area (Å²) >= 11 is 13.8. The van der Waals surface area contributed by atoms with Gasteiger partial charge in [0.15, 0.2) is 0 Å². The number of thioether (sulfide) groups is 1. The number of carbonyl (C=O) groups excluding carboxylic acids is 2. The first-order valence-corrected chi connectivity index (χ1v) is 12.4. The molecule has 1 N–H and O–H groups in total. The molecular formula is C24H28Cl2N2O2S. The van der Waals surface area contributed by atoms with Crippen LogP contribution in [0.25, 0.3) is 0 Å². The van der Waals surface area contributed by atoms with Crippen molar-refractivity contribution >= 4 is 46.8 Å². The van der Waals surface area contributed by atoms with Crippen LogP contribution in [0, 0.1) is 0 Å². The molecule has 1 aliphatic carbocycles. The van der Waals surface area contributed by atoms with Crippen LogP contribution in [0.1, 0.15) is 44.6 Å². The van der Waals surface area contributed by atoms with Gasteiger partial charge in [-0.3, -0.25) is 9.59 Å². The summed E-state index contributed by atoms with van der Waals surface area (Å²) in [6.07, 6.45) is 4.64. The molecule has 1 atom stereocenters. The quantitative estimate of drug-likeness (QED) is 0.452. The van der Waals surface area contributed by atoms with Gasteiger partial charge in [-0.25, -0.2) is 0 Å². The van der Waals surface area contributed by atoms with E-state index >= 15 is 0 Å². The predicted molar refractivity (Wildman–Crippen MR) is 129 cm³/mol. The Kier molecular flexibility index (Phi) is 9.12. The van der Waals surface area contributed by atoms with E-state index in [-0.39, 0.29) is 17.9 Å². The van der Waals surface area contributed by atoms with Crippen LogP contribution in [0.4, 0.5) is 0 Å². The van der Waals surface area contributed by atoms with E-state index in [4.69, 9.17) is 23.2 Å². The Morgan fingerprint density at radius 3 is 2.48 bits per heavy atom. The first-order chi connectivity index (χ1) is 14.9. The van der Waals surface area contributed by atoms with Gasteiger partial charge in [0.1, 0.15) is 6.04 Å². The first kappa shape index (κ1) is 24.0. The highest BCUT2D eigenvalue weighted by molar-refractivity contribution is 7.99. The van der Waals surface area contributed by atoms with Crippen LogP contribution >= 0.6 is 35.0 Å². The van der Waals surface area contributed by atoms with Crippen LogP contribution < -0.4 is 5.32 Å². The van der Waals surface area contributed by atoms with Crippen LogP contribution in [0.5, 0.6) is 0 Å². The second-order valence-corrected chi connectivity index (χ2v) is 9.83. The van der Waals surface area contributed by atoms with Crippen molar-refractivity contribution in [3.05, 3.63) is 64.1 Å². The van der Waals surface area contributed by atoms with Crippen molar-refractivity contribution in [3.8, 4) is 0 Å². The average molecular weight is 479 g/mol. The lowest BCUT2D eigenvalue weighted by Gasteiger charge is -2.30. The van der Waals surface area contributed by atoms with E-state index in [2.05, 4.69) is 5.32 Å². The van der Waals surface area contributed by atoms with Gasteiger partial charge in [0.05, 0.1) is 10.0 Å². The van der Waals surface area contributed by atoms with Crippen molar-refractivity contribution in [2.75, 3.05) is 5.75 Å². The molecule has 3 rings (SSSR count). The maximum absolute atomic E-state index is 13.1. The minimum absolute atomic E-state index is 0.0522. The van der Waals surface area contributed by atoms with Crippen molar-refractivity contribution in [1.82, 2.24) is 10.2 Å². The Morgan fingerprint density at radius 1 is 1.10 bits per heavy atom. The second kappa shape index (κ2) is 11.8. The zero-order chi connectivity index (χ0) is 22.2. The Balaban J connectivity index is 1.67. The molecule has 1 saturated carbocycles. The smallest absolute Gasteiger partial charge is 0.242 e. The highest BCUT2D eigenvalue weighted by Crippen LogP contribution is 2.25. The summed E-state index contributed by atoms with van der Waals surface area (Å²) in [6.45, 7) is 2.11. The van der Waals surface area contributed by atoms with E-state index in [0.29, 0.717) is 28.8 Å². The highest BCUT2D eigenvalue weighted by Gasteiger charge is 2.28. The predicted octanol–water partition coefficient (Wildman–Crippen LogP) is 5.95. The number of rotatable bonds is 9. The van der Waals surface area contributed by atoms with Gasteiger partial charge in [0.2, 0.25) is 11.8 Å². The van der Waals surface area contributed by atoms with Crippen LogP contribution in [-0.4, -0.2) is 34.6 Å². The molecule has 1 fully saturated rings. The van der Waals surface area contributed by atoms with Crippen molar-refractivity contribution in [2.45, 2.75) is 62.6 Å². The molecule has 0 aromatic heterocycles. The zero-order valence-corrected chi connectivity index (χ0v) is 20.0. The summed E-state index contributed by atoms with van der Waals surface area (Å²) in [6, 6.07) is 15.0. The Labute approximate surface area is 198 Å². The molecule has 2 aromatic rings. The van der Waals surface area contributed by atoms with Gasteiger partial charge in [-0.2, -0.15) is 0 Å². The fourth-order valence-electron chi connectivity index (χ4n) is 3.73. The topological polar surface area (TPSA) is 49.4 Å². The molecule has 0 heterocycles. The van der Waals surface area contributed by atoms with Gasteiger partial charge in [0, 0.05) is 29.7 Å². The van der Waals surface area contributed by atoms with Gasteiger partial charge in [-0.15, -0.1) is 11.8 Å². The number of nitrogens with zero attached hydrogens (tertiary/aromatic N) is 1. The molecule has 7 heteroatoms. The Morgan fingerprint density at radius 2 is 1.81 bits per heavy atom. The van der Waals surface area contributed by atoms with Crippen LogP contribution in [0.3, 0.4) is 0 Å². The monoisotopic (exact) mass is 478 g/mol. The number of carbonyl (C=O) groups is 2. The first-order valence-electron chi connectivity index (χ1n) is 10.7. The maximum atomic E-state index is 13.1. The minimum atomic E-state index is -0.565. The molecule has 0 aliphatic heterocycles. The van der Waals surface area contributed by atoms with E-state index in [1.165, 1.54) is 0 Å². The van der Waals surface area contributed by atoms with Gasteiger partial charge >= 0.3 is 0 Å². The molecule has 4 nitrogen and oxygen atoms in total. The Hall–Kier alpha value is -1.69. The normalized spacial score (nSPS) is 14.9. The number of benzene rings is 2. The molecule has 0 radical (unpaired) electrons. The third-order valence-electron chi connectivity index (χ3n) is 5.53. The van der Waals surface area contributed by atoms with Crippen LogP contribution in [0.15, 0.2) is 53.4 Å². The van der Waals surface area contributed by atoms with E-state index in [1.807, 2.05) is 36.4 Å². The van der Waals surface area contributed by atoms with Crippen molar-refractivity contribution < 1.29 is 9.59 Å². The van der Waals surface area contributed by atoms with Crippen molar-refractivity contribution in [3.63, 3.8) is 0 Å². The van der Waals surface area contributed by atoms with Gasteiger partial charge in [0.25, 0.3) is 0 Å². The Bertz CT molecular complexity index is 888. The minimum Gasteiger partial charge on any atom is -0.352 e. The van der Waals surface area contributed by atoms with E-state index in [1.54, 1.807) is 35.7 Å². The molecule has 0 saturated heterocycles. The second-order valence-electron chi connectivity index (χ2n) is 7.85. The summed E-state index contributed by atoms with van der Waals surface area (Å²) in [7, 11) is 0. The molecular weight excluding hydrogens is 451 g/mol. The highest BCUT2D eigenvalue weighted by atomic mass is 35.5. The van der Waals surface area contributed by atoms with E-state index in [9.17, 15) is 9.59 Å².